The standard InChI is InChI=1S/C13H12ClFN2OS/c1-8-2-9(15)4-10(3-8)16-12(18)5-13-17-11(6-14)7-19-13/h2-4,7H,5-6H2,1H3,(H,16,18). The van der Waals surface area contributed by atoms with E-state index in [1.807, 2.05) is 5.38 Å². The van der Waals surface area contributed by atoms with E-state index in [9.17, 15) is 9.18 Å². The van der Waals surface area contributed by atoms with Crippen molar-refractivity contribution in [1.82, 2.24) is 4.98 Å². The number of thiazole rings is 1. The molecule has 0 unspecified atom stereocenters. The van der Waals surface area contributed by atoms with Crippen molar-refractivity contribution in [3.05, 3.63) is 45.7 Å². The number of hydrogen-bond donors (Lipinski definition) is 1. The van der Waals surface area contributed by atoms with Gasteiger partial charge in [-0.1, -0.05) is 0 Å². The van der Waals surface area contributed by atoms with Gasteiger partial charge in [-0.3, -0.25) is 4.79 Å². The molecule has 0 spiro atoms. The average Bonchev–Trinajstić information content (AvgIpc) is 2.74. The molecule has 19 heavy (non-hydrogen) atoms. The van der Waals surface area contributed by atoms with E-state index < -0.39 is 0 Å². The van der Waals surface area contributed by atoms with E-state index in [0.717, 1.165) is 11.3 Å². The van der Waals surface area contributed by atoms with E-state index in [-0.39, 0.29) is 18.1 Å². The molecule has 2 aromatic rings. The van der Waals surface area contributed by atoms with E-state index in [2.05, 4.69) is 10.3 Å². The van der Waals surface area contributed by atoms with Crippen molar-refractivity contribution in [1.29, 1.82) is 0 Å². The van der Waals surface area contributed by atoms with Crippen LogP contribution in [0.5, 0.6) is 0 Å². The quantitative estimate of drug-likeness (QED) is 0.878. The molecule has 1 aromatic heterocycles. The van der Waals surface area contributed by atoms with Crippen LogP contribution in [-0.4, -0.2) is 10.9 Å². The molecule has 0 saturated carbocycles. The van der Waals surface area contributed by atoms with Crippen LogP contribution in [0.1, 0.15) is 16.3 Å². The summed E-state index contributed by atoms with van der Waals surface area (Å²) in [6, 6.07) is 4.41. The van der Waals surface area contributed by atoms with Crippen molar-refractivity contribution in [2.45, 2.75) is 19.2 Å². The minimum absolute atomic E-state index is 0.164. The Kier molecular flexibility index (Phi) is 4.50. The Labute approximate surface area is 119 Å². The van der Waals surface area contributed by atoms with Gasteiger partial charge in [0.2, 0.25) is 5.91 Å². The molecular formula is C13H12ClFN2OS. The molecular weight excluding hydrogens is 287 g/mol. The number of benzene rings is 1. The molecule has 6 heteroatoms. The van der Waals surface area contributed by atoms with Gasteiger partial charge in [-0.15, -0.1) is 22.9 Å². The van der Waals surface area contributed by atoms with Crippen molar-refractivity contribution >= 4 is 34.5 Å². The van der Waals surface area contributed by atoms with E-state index in [0.29, 0.717) is 16.6 Å². The van der Waals surface area contributed by atoms with Gasteiger partial charge in [0.25, 0.3) is 0 Å². The zero-order chi connectivity index (χ0) is 13.8. The third-order valence-electron chi connectivity index (χ3n) is 2.37. The van der Waals surface area contributed by atoms with Crippen LogP contribution in [0, 0.1) is 12.7 Å². The maximum atomic E-state index is 13.2. The number of nitrogens with zero attached hydrogens (tertiary/aromatic N) is 1. The van der Waals surface area contributed by atoms with Crippen molar-refractivity contribution in [2.75, 3.05) is 5.32 Å². The van der Waals surface area contributed by atoms with Gasteiger partial charge in [0, 0.05) is 11.1 Å². The van der Waals surface area contributed by atoms with Crippen molar-refractivity contribution < 1.29 is 9.18 Å². The number of nitrogens with one attached hydrogen (secondary N) is 1. The van der Waals surface area contributed by atoms with Crippen LogP contribution in [0.3, 0.4) is 0 Å². The van der Waals surface area contributed by atoms with Gasteiger partial charge < -0.3 is 5.32 Å². The monoisotopic (exact) mass is 298 g/mol. The Balaban J connectivity index is 2.00. The number of carbonyl (C=O) groups is 1. The minimum Gasteiger partial charge on any atom is -0.326 e. The molecule has 0 aliphatic carbocycles. The minimum atomic E-state index is -0.367. The Morgan fingerprint density at radius 2 is 2.26 bits per heavy atom. The molecule has 3 nitrogen and oxygen atoms in total. The predicted molar refractivity (Wildman–Crippen MR) is 75.1 cm³/mol. The fraction of sp³-hybridized carbons (Fsp3) is 0.231. The third-order valence-corrected chi connectivity index (χ3v) is 3.55. The molecule has 0 radical (unpaired) electrons. The van der Waals surface area contributed by atoms with Gasteiger partial charge >= 0.3 is 0 Å². The highest BCUT2D eigenvalue weighted by molar-refractivity contribution is 7.09. The van der Waals surface area contributed by atoms with Crippen LogP contribution in [0.2, 0.25) is 0 Å². The van der Waals surface area contributed by atoms with Crippen LogP contribution in [0.25, 0.3) is 0 Å². The summed E-state index contributed by atoms with van der Waals surface area (Å²) in [7, 11) is 0. The predicted octanol–water partition coefficient (Wildman–Crippen LogP) is 3.51. The van der Waals surface area contributed by atoms with E-state index >= 15 is 0 Å². The number of amides is 1. The first-order valence-corrected chi connectivity index (χ1v) is 7.04. The molecule has 1 amide bonds. The van der Waals surface area contributed by atoms with Gasteiger partial charge in [-0.05, 0) is 30.7 Å². The Bertz CT molecular complexity index is 580. The fourth-order valence-electron chi connectivity index (χ4n) is 1.64. The lowest BCUT2D eigenvalue weighted by Gasteiger charge is -2.05. The van der Waals surface area contributed by atoms with Gasteiger partial charge in [0.05, 0.1) is 18.0 Å². The summed E-state index contributed by atoms with van der Waals surface area (Å²) in [6.45, 7) is 1.77. The van der Waals surface area contributed by atoms with Crippen LogP contribution in [0.15, 0.2) is 23.6 Å². The number of aryl methyl sites for hydroxylation is 1. The first-order valence-electron chi connectivity index (χ1n) is 5.63. The Morgan fingerprint density at radius 1 is 1.47 bits per heavy atom. The Morgan fingerprint density at radius 3 is 2.89 bits per heavy atom. The highest BCUT2D eigenvalue weighted by Gasteiger charge is 2.09. The number of anilines is 1. The van der Waals surface area contributed by atoms with Crippen LogP contribution >= 0.6 is 22.9 Å². The fourth-order valence-corrected chi connectivity index (χ4v) is 2.66. The van der Waals surface area contributed by atoms with E-state index in [4.69, 9.17) is 11.6 Å². The number of rotatable bonds is 4. The highest BCUT2D eigenvalue weighted by atomic mass is 35.5. The van der Waals surface area contributed by atoms with Gasteiger partial charge in [-0.25, -0.2) is 9.37 Å². The summed E-state index contributed by atoms with van der Waals surface area (Å²) in [5, 5.41) is 5.17. The lowest BCUT2D eigenvalue weighted by molar-refractivity contribution is -0.115. The van der Waals surface area contributed by atoms with Crippen LogP contribution in [-0.2, 0) is 17.1 Å². The highest BCUT2D eigenvalue weighted by Crippen LogP contribution is 2.15. The first kappa shape index (κ1) is 14.0. The van der Waals surface area contributed by atoms with Crippen molar-refractivity contribution in [3.8, 4) is 0 Å². The molecule has 0 aliphatic heterocycles. The van der Waals surface area contributed by atoms with E-state index in [1.54, 1.807) is 13.0 Å². The summed E-state index contributed by atoms with van der Waals surface area (Å²) in [4.78, 5) is 16.0. The molecule has 2 rings (SSSR count). The zero-order valence-corrected chi connectivity index (χ0v) is 11.8. The number of halogens is 2. The molecule has 1 heterocycles. The maximum Gasteiger partial charge on any atom is 0.231 e. The van der Waals surface area contributed by atoms with E-state index in [1.165, 1.54) is 23.5 Å². The normalized spacial score (nSPS) is 10.5. The molecule has 0 saturated heterocycles. The largest absolute Gasteiger partial charge is 0.326 e. The molecule has 0 fully saturated rings. The first-order chi connectivity index (χ1) is 9.06. The molecule has 0 atom stereocenters. The zero-order valence-electron chi connectivity index (χ0n) is 10.2. The van der Waals surface area contributed by atoms with Gasteiger partial charge in [-0.2, -0.15) is 0 Å². The number of alkyl halides is 1. The third kappa shape index (κ3) is 4.01. The second-order valence-corrected chi connectivity index (χ2v) is 5.32. The van der Waals surface area contributed by atoms with Crippen molar-refractivity contribution in [3.63, 3.8) is 0 Å². The molecule has 0 aliphatic rings. The second-order valence-electron chi connectivity index (χ2n) is 4.11. The van der Waals surface area contributed by atoms with Gasteiger partial charge in [0.15, 0.2) is 0 Å². The summed E-state index contributed by atoms with van der Waals surface area (Å²) in [5.74, 6) is -0.254. The molecule has 0 bridgehead atoms. The molecule has 100 valence electrons. The number of aromatic nitrogens is 1. The topological polar surface area (TPSA) is 42.0 Å². The smallest absolute Gasteiger partial charge is 0.231 e. The lowest BCUT2D eigenvalue weighted by Crippen LogP contribution is -2.14. The maximum absolute atomic E-state index is 13.2. The lowest BCUT2D eigenvalue weighted by atomic mass is 10.2. The van der Waals surface area contributed by atoms with Crippen LogP contribution in [0.4, 0.5) is 10.1 Å². The second kappa shape index (κ2) is 6.12. The number of carbonyl (C=O) groups excluding carboxylic acids is 1. The molecule has 1 N–H and O–H groups in total. The van der Waals surface area contributed by atoms with Crippen molar-refractivity contribution in [2.24, 2.45) is 0 Å². The summed E-state index contributed by atoms with van der Waals surface area (Å²) in [5.41, 5.74) is 1.97. The Hall–Kier alpha value is -1.46. The SMILES string of the molecule is Cc1cc(F)cc(NC(=O)Cc2nc(CCl)cs2)c1. The molecule has 1 aromatic carbocycles. The summed E-state index contributed by atoms with van der Waals surface area (Å²) in [6.07, 6.45) is 0.164. The van der Waals surface area contributed by atoms with Gasteiger partial charge in [0.1, 0.15) is 10.8 Å². The summed E-state index contributed by atoms with van der Waals surface area (Å²) < 4.78 is 13.2. The number of hydrogen-bond acceptors (Lipinski definition) is 3. The summed E-state index contributed by atoms with van der Waals surface area (Å²) >= 11 is 7.03. The average molecular weight is 299 g/mol. The van der Waals surface area contributed by atoms with Crippen LogP contribution < -0.4 is 5.32 Å².